The van der Waals surface area contributed by atoms with E-state index < -0.39 is 5.60 Å². The van der Waals surface area contributed by atoms with Crippen LogP contribution in [0.2, 0.25) is 0 Å². The van der Waals surface area contributed by atoms with Crippen molar-refractivity contribution < 1.29 is 9.84 Å². The minimum absolute atomic E-state index is 0.360. The van der Waals surface area contributed by atoms with E-state index in [1.165, 1.54) is 5.56 Å². The fourth-order valence-electron chi connectivity index (χ4n) is 1.67. The van der Waals surface area contributed by atoms with E-state index in [1.807, 2.05) is 39.0 Å². The first-order valence-corrected chi connectivity index (χ1v) is 6.35. The third kappa shape index (κ3) is 4.39. The maximum atomic E-state index is 10.1. The Morgan fingerprint density at radius 2 is 2.00 bits per heavy atom. The molecule has 1 aromatic carbocycles. The molecule has 0 saturated carbocycles. The van der Waals surface area contributed by atoms with E-state index in [0.717, 1.165) is 12.2 Å². The van der Waals surface area contributed by atoms with Crippen molar-refractivity contribution in [3.05, 3.63) is 36.2 Å². The van der Waals surface area contributed by atoms with Crippen LogP contribution < -0.4 is 4.74 Å². The predicted octanol–water partition coefficient (Wildman–Crippen LogP) is 3.38. The lowest BCUT2D eigenvalue weighted by Crippen LogP contribution is -2.34. The Morgan fingerprint density at radius 3 is 2.59 bits per heavy atom. The Labute approximate surface area is 105 Å². The summed E-state index contributed by atoms with van der Waals surface area (Å²) in [5, 5.41) is 10.1. The first-order chi connectivity index (χ1) is 8.13. The molecule has 0 saturated heterocycles. The van der Waals surface area contributed by atoms with Crippen LogP contribution in [0.5, 0.6) is 5.75 Å². The highest BCUT2D eigenvalue weighted by molar-refractivity contribution is 5.29. The zero-order chi connectivity index (χ0) is 12.7. The molecule has 2 heteroatoms. The average molecular weight is 235 g/mol. The lowest BCUT2D eigenvalue weighted by Gasteiger charge is -2.25. The van der Waals surface area contributed by atoms with Gasteiger partial charge in [0.25, 0.3) is 0 Å². The molecule has 0 aromatic heterocycles. The number of rotatable bonds is 7. The highest BCUT2D eigenvalue weighted by Gasteiger charge is 2.22. The maximum absolute atomic E-state index is 10.1. The van der Waals surface area contributed by atoms with E-state index in [-0.39, 0.29) is 0 Å². The summed E-state index contributed by atoms with van der Waals surface area (Å²) >= 11 is 0. The third-order valence-electron chi connectivity index (χ3n) is 3.16. The summed E-state index contributed by atoms with van der Waals surface area (Å²) in [7, 11) is 0. The van der Waals surface area contributed by atoms with Gasteiger partial charge in [-0.2, -0.15) is 0 Å². The highest BCUT2D eigenvalue weighted by atomic mass is 16.5. The monoisotopic (exact) mass is 235 g/mol. The summed E-state index contributed by atoms with van der Waals surface area (Å²) in [6, 6.07) is 8.04. The highest BCUT2D eigenvalue weighted by Crippen LogP contribution is 2.19. The molecule has 17 heavy (non-hydrogen) atoms. The number of aliphatic hydroxyl groups is 1. The molecular formula is C15H23O2. The van der Waals surface area contributed by atoms with E-state index in [2.05, 4.69) is 12.5 Å². The summed E-state index contributed by atoms with van der Waals surface area (Å²) in [5.74, 6) is 0.838. The summed E-state index contributed by atoms with van der Waals surface area (Å²) in [5.41, 5.74) is 0.536. The van der Waals surface area contributed by atoms with Crippen LogP contribution in [-0.4, -0.2) is 17.3 Å². The van der Waals surface area contributed by atoms with Gasteiger partial charge in [0.15, 0.2) is 0 Å². The van der Waals surface area contributed by atoms with Gasteiger partial charge in [-0.15, -0.1) is 0 Å². The van der Waals surface area contributed by atoms with Gasteiger partial charge in [0.2, 0.25) is 0 Å². The van der Waals surface area contributed by atoms with E-state index in [9.17, 15) is 5.11 Å². The number of hydrogen-bond donors (Lipinski definition) is 1. The van der Waals surface area contributed by atoms with Crippen molar-refractivity contribution in [2.45, 2.75) is 45.6 Å². The molecule has 0 atom stereocenters. The lowest BCUT2D eigenvalue weighted by molar-refractivity contribution is -0.0113. The quantitative estimate of drug-likeness (QED) is 0.785. The molecule has 0 amide bonds. The standard InChI is InChI=1S/C15H23O2/c1-4-8-13-9-7-10-14(11-13)17-12-15(16,5-2)6-3/h4,7,9-11,16H,5-6,8,12H2,1-3H3. The van der Waals surface area contributed by atoms with Crippen LogP contribution in [0.1, 0.15) is 39.2 Å². The zero-order valence-corrected chi connectivity index (χ0v) is 11.1. The van der Waals surface area contributed by atoms with Gasteiger partial charge in [-0.1, -0.05) is 32.9 Å². The molecule has 0 bridgehead atoms. The molecule has 1 rings (SSSR count). The van der Waals surface area contributed by atoms with Crippen molar-refractivity contribution in [2.24, 2.45) is 0 Å². The second-order valence-corrected chi connectivity index (χ2v) is 4.48. The topological polar surface area (TPSA) is 29.5 Å². The van der Waals surface area contributed by atoms with Crippen LogP contribution in [0.4, 0.5) is 0 Å². The van der Waals surface area contributed by atoms with E-state index in [4.69, 9.17) is 4.74 Å². The Balaban J connectivity index is 2.59. The van der Waals surface area contributed by atoms with Gasteiger partial charge in [-0.05, 0) is 43.4 Å². The first kappa shape index (κ1) is 14.0. The van der Waals surface area contributed by atoms with Gasteiger partial charge in [-0.3, -0.25) is 0 Å². The van der Waals surface area contributed by atoms with Crippen LogP contribution in [0.3, 0.4) is 0 Å². The fourth-order valence-corrected chi connectivity index (χ4v) is 1.67. The Morgan fingerprint density at radius 1 is 1.29 bits per heavy atom. The summed E-state index contributed by atoms with van der Waals surface area (Å²) < 4.78 is 5.68. The molecule has 1 aromatic rings. The Kier molecular flexibility index (Phi) is 5.49. The van der Waals surface area contributed by atoms with E-state index in [1.54, 1.807) is 0 Å². The smallest absolute Gasteiger partial charge is 0.119 e. The Hall–Kier alpha value is -1.02. The van der Waals surface area contributed by atoms with Gasteiger partial charge < -0.3 is 9.84 Å². The summed E-state index contributed by atoms with van der Waals surface area (Å²) in [6.07, 6.45) is 4.49. The average Bonchev–Trinajstić information content (AvgIpc) is 2.37. The van der Waals surface area contributed by atoms with Crippen molar-refractivity contribution in [1.29, 1.82) is 0 Å². The molecule has 2 nitrogen and oxygen atoms in total. The number of ether oxygens (including phenoxy) is 1. The molecule has 95 valence electrons. The van der Waals surface area contributed by atoms with Crippen LogP contribution >= 0.6 is 0 Å². The van der Waals surface area contributed by atoms with Gasteiger partial charge in [0, 0.05) is 0 Å². The third-order valence-corrected chi connectivity index (χ3v) is 3.16. The zero-order valence-electron chi connectivity index (χ0n) is 11.1. The van der Waals surface area contributed by atoms with Gasteiger partial charge in [-0.25, -0.2) is 0 Å². The molecule has 0 fully saturated rings. The minimum atomic E-state index is -0.702. The second-order valence-electron chi connectivity index (χ2n) is 4.48. The van der Waals surface area contributed by atoms with Crippen LogP contribution in [-0.2, 0) is 6.42 Å². The van der Waals surface area contributed by atoms with Crippen molar-refractivity contribution in [1.82, 2.24) is 0 Å². The summed E-state index contributed by atoms with van der Waals surface area (Å²) in [4.78, 5) is 0. The largest absolute Gasteiger partial charge is 0.491 e. The van der Waals surface area contributed by atoms with Crippen LogP contribution in [0.25, 0.3) is 0 Å². The predicted molar refractivity (Wildman–Crippen MR) is 71.1 cm³/mol. The van der Waals surface area contributed by atoms with Crippen molar-refractivity contribution in [2.75, 3.05) is 6.61 Å². The van der Waals surface area contributed by atoms with Crippen molar-refractivity contribution in [3.8, 4) is 5.75 Å². The molecular weight excluding hydrogens is 212 g/mol. The normalized spacial score (nSPS) is 11.5. The molecule has 0 aliphatic heterocycles. The molecule has 0 aliphatic carbocycles. The van der Waals surface area contributed by atoms with Crippen molar-refractivity contribution >= 4 is 0 Å². The van der Waals surface area contributed by atoms with Crippen LogP contribution in [0.15, 0.2) is 24.3 Å². The maximum Gasteiger partial charge on any atom is 0.119 e. The van der Waals surface area contributed by atoms with E-state index in [0.29, 0.717) is 19.4 Å². The molecule has 0 spiro atoms. The van der Waals surface area contributed by atoms with Gasteiger partial charge >= 0.3 is 0 Å². The summed E-state index contributed by atoms with van der Waals surface area (Å²) in [6.45, 7) is 6.37. The number of hydrogen-bond acceptors (Lipinski definition) is 2. The minimum Gasteiger partial charge on any atom is -0.491 e. The number of benzene rings is 1. The molecule has 1 N–H and O–H groups in total. The molecule has 1 radical (unpaired) electrons. The molecule has 0 aliphatic rings. The lowest BCUT2D eigenvalue weighted by atomic mass is 9.99. The SMILES string of the molecule is C[CH]Cc1cccc(OCC(O)(CC)CC)c1. The Bertz CT molecular complexity index is 329. The van der Waals surface area contributed by atoms with Gasteiger partial charge in [0.1, 0.15) is 12.4 Å². The van der Waals surface area contributed by atoms with Crippen molar-refractivity contribution in [3.63, 3.8) is 0 Å². The van der Waals surface area contributed by atoms with Crippen LogP contribution in [0, 0.1) is 6.42 Å². The fraction of sp³-hybridized carbons (Fsp3) is 0.533. The molecule has 0 heterocycles. The second kappa shape index (κ2) is 6.65. The van der Waals surface area contributed by atoms with Gasteiger partial charge in [0.05, 0.1) is 5.60 Å². The molecule has 0 unspecified atom stereocenters. The first-order valence-electron chi connectivity index (χ1n) is 6.35. The van der Waals surface area contributed by atoms with E-state index >= 15 is 0 Å².